The Bertz CT molecular complexity index is 533. The van der Waals surface area contributed by atoms with Crippen LogP contribution < -0.4 is 4.74 Å². The lowest BCUT2D eigenvalue weighted by atomic mass is 10.3. The van der Waals surface area contributed by atoms with Gasteiger partial charge in [0, 0.05) is 13.2 Å². The molecule has 0 fully saturated rings. The standard InChI is InChI=1S/C11H11BrFN3O2/c1-17-6-5-16-11(14-10(12)15-16)18-9-4-2-3-8(13)7-9/h2-4,7H,5-6H2,1H3. The predicted molar refractivity (Wildman–Crippen MR) is 66.1 cm³/mol. The summed E-state index contributed by atoms with van der Waals surface area (Å²) in [5.41, 5.74) is 0. The maximum absolute atomic E-state index is 13.0. The molecule has 0 atom stereocenters. The molecule has 0 aliphatic heterocycles. The van der Waals surface area contributed by atoms with Crippen LogP contribution in [0.2, 0.25) is 0 Å². The molecule has 0 saturated carbocycles. The van der Waals surface area contributed by atoms with Crippen LogP contribution in [0.3, 0.4) is 0 Å². The lowest BCUT2D eigenvalue weighted by Gasteiger charge is -2.06. The lowest BCUT2D eigenvalue weighted by Crippen LogP contribution is -2.07. The second-order valence-electron chi connectivity index (χ2n) is 3.44. The first-order valence-electron chi connectivity index (χ1n) is 5.22. The molecule has 96 valence electrons. The number of hydrogen-bond acceptors (Lipinski definition) is 4. The molecule has 0 saturated heterocycles. The summed E-state index contributed by atoms with van der Waals surface area (Å²) < 4.78 is 25.4. The Morgan fingerprint density at radius 2 is 2.28 bits per heavy atom. The van der Waals surface area contributed by atoms with Gasteiger partial charge in [0.15, 0.2) is 0 Å². The van der Waals surface area contributed by atoms with E-state index in [9.17, 15) is 4.39 Å². The topological polar surface area (TPSA) is 49.2 Å². The van der Waals surface area contributed by atoms with E-state index in [2.05, 4.69) is 26.0 Å². The number of halogens is 2. The van der Waals surface area contributed by atoms with E-state index in [0.717, 1.165) is 0 Å². The third-order valence-corrected chi connectivity index (χ3v) is 2.46. The Kier molecular flexibility index (Phi) is 4.27. The first-order chi connectivity index (χ1) is 8.69. The van der Waals surface area contributed by atoms with E-state index in [0.29, 0.717) is 23.6 Å². The monoisotopic (exact) mass is 315 g/mol. The Hall–Kier alpha value is -1.47. The molecule has 5 nitrogen and oxygen atoms in total. The quantitative estimate of drug-likeness (QED) is 0.851. The molecule has 0 amide bonds. The molecule has 1 heterocycles. The average molecular weight is 316 g/mol. The van der Waals surface area contributed by atoms with Gasteiger partial charge in [-0.1, -0.05) is 6.07 Å². The summed E-state index contributed by atoms with van der Waals surface area (Å²) in [4.78, 5) is 4.06. The van der Waals surface area contributed by atoms with Gasteiger partial charge >= 0.3 is 6.01 Å². The Balaban J connectivity index is 2.17. The van der Waals surface area contributed by atoms with Crippen LogP contribution in [0, 0.1) is 5.82 Å². The summed E-state index contributed by atoms with van der Waals surface area (Å²) in [6.45, 7) is 0.981. The van der Waals surface area contributed by atoms with E-state index in [1.54, 1.807) is 23.9 Å². The third-order valence-electron chi connectivity index (χ3n) is 2.12. The molecule has 0 aliphatic rings. The van der Waals surface area contributed by atoms with Crippen molar-refractivity contribution in [3.05, 3.63) is 34.8 Å². The Labute approximate surface area is 112 Å². The summed E-state index contributed by atoms with van der Waals surface area (Å²) in [5, 5.41) is 4.09. The van der Waals surface area contributed by atoms with Gasteiger partial charge in [-0.15, -0.1) is 5.10 Å². The highest BCUT2D eigenvalue weighted by Gasteiger charge is 2.10. The normalized spacial score (nSPS) is 10.6. The predicted octanol–water partition coefficient (Wildman–Crippen LogP) is 2.62. The Morgan fingerprint density at radius 3 is 3.00 bits per heavy atom. The van der Waals surface area contributed by atoms with Gasteiger partial charge in [0.2, 0.25) is 4.73 Å². The minimum absolute atomic E-state index is 0.282. The number of ether oxygens (including phenoxy) is 2. The second-order valence-corrected chi connectivity index (χ2v) is 4.15. The smallest absolute Gasteiger partial charge is 0.321 e. The molecule has 0 aliphatic carbocycles. The van der Waals surface area contributed by atoms with E-state index < -0.39 is 0 Å². The van der Waals surface area contributed by atoms with Crippen LogP contribution in [0.1, 0.15) is 0 Å². The highest BCUT2D eigenvalue weighted by Crippen LogP contribution is 2.21. The summed E-state index contributed by atoms with van der Waals surface area (Å²) in [6, 6.07) is 6.12. The van der Waals surface area contributed by atoms with E-state index in [-0.39, 0.29) is 11.8 Å². The lowest BCUT2D eigenvalue weighted by molar-refractivity contribution is 0.179. The van der Waals surface area contributed by atoms with Crippen LogP contribution in [0.4, 0.5) is 4.39 Å². The van der Waals surface area contributed by atoms with Crippen LogP contribution in [0.5, 0.6) is 11.8 Å². The number of aromatic nitrogens is 3. The van der Waals surface area contributed by atoms with Crippen LogP contribution in [-0.4, -0.2) is 28.5 Å². The van der Waals surface area contributed by atoms with Gasteiger partial charge in [-0.3, -0.25) is 0 Å². The molecule has 0 N–H and O–H groups in total. The largest absolute Gasteiger partial charge is 0.424 e. The number of methoxy groups -OCH3 is 1. The van der Waals surface area contributed by atoms with Crippen molar-refractivity contribution in [1.82, 2.24) is 14.8 Å². The van der Waals surface area contributed by atoms with E-state index in [1.165, 1.54) is 12.1 Å². The molecule has 0 bridgehead atoms. The fourth-order valence-electron chi connectivity index (χ4n) is 1.34. The summed E-state index contributed by atoms with van der Waals surface area (Å²) in [5.74, 6) is 0.00286. The van der Waals surface area contributed by atoms with Gasteiger partial charge in [0.1, 0.15) is 11.6 Å². The van der Waals surface area contributed by atoms with Gasteiger partial charge in [0.05, 0.1) is 13.2 Å². The zero-order valence-corrected chi connectivity index (χ0v) is 11.2. The van der Waals surface area contributed by atoms with Gasteiger partial charge in [0.25, 0.3) is 0 Å². The van der Waals surface area contributed by atoms with E-state index in [4.69, 9.17) is 9.47 Å². The van der Waals surface area contributed by atoms with Crippen LogP contribution in [0.15, 0.2) is 29.0 Å². The van der Waals surface area contributed by atoms with Gasteiger partial charge in [-0.05, 0) is 28.1 Å². The molecule has 1 aromatic carbocycles. The van der Waals surface area contributed by atoms with Crippen molar-refractivity contribution in [3.8, 4) is 11.8 Å². The van der Waals surface area contributed by atoms with Crippen molar-refractivity contribution in [2.75, 3.05) is 13.7 Å². The molecular formula is C11H11BrFN3O2. The molecule has 0 unspecified atom stereocenters. The number of benzene rings is 1. The zero-order valence-electron chi connectivity index (χ0n) is 9.64. The van der Waals surface area contributed by atoms with Crippen LogP contribution in [-0.2, 0) is 11.3 Å². The first kappa shape index (κ1) is 13.0. The number of rotatable bonds is 5. The molecule has 18 heavy (non-hydrogen) atoms. The van der Waals surface area contributed by atoms with Crippen molar-refractivity contribution in [3.63, 3.8) is 0 Å². The minimum Gasteiger partial charge on any atom is -0.424 e. The third kappa shape index (κ3) is 3.27. The maximum Gasteiger partial charge on any atom is 0.321 e. The van der Waals surface area contributed by atoms with E-state index in [1.807, 2.05) is 0 Å². The second kappa shape index (κ2) is 5.92. The zero-order chi connectivity index (χ0) is 13.0. The maximum atomic E-state index is 13.0. The summed E-state index contributed by atoms with van der Waals surface area (Å²) in [7, 11) is 1.60. The van der Waals surface area contributed by atoms with Crippen molar-refractivity contribution < 1.29 is 13.9 Å². The summed E-state index contributed by atoms with van der Waals surface area (Å²) >= 11 is 3.16. The van der Waals surface area contributed by atoms with Crippen molar-refractivity contribution in [2.45, 2.75) is 6.54 Å². The Morgan fingerprint density at radius 1 is 1.44 bits per heavy atom. The van der Waals surface area contributed by atoms with Gasteiger partial charge in [-0.2, -0.15) is 4.98 Å². The van der Waals surface area contributed by atoms with Gasteiger partial charge in [-0.25, -0.2) is 9.07 Å². The molecule has 0 radical (unpaired) electrons. The molecule has 0 spiro atoms. The van der Waals surface area contributed by atoms with Crippen LogP contribution in [0.25, 0.3) is 0 Å². The van der Waals surface area contributed by atoms with E-state index >= 15 is 0 Å². The van der Waals surface area contributed by atoms with Crippen molar-refractivity contribution in [2.24, 2.45) is 0 Å². The molecule has 1 aromatic heterocycles. The number of nitrogens with zero attached hydrogens (tertiary/aromatic N) is 3. The molecular weight excluding hydrogens is 305 g/mol. The highest BCUT2D eigenvalue weighted by molar-refractivity contribution is 9.10. The highest BCUT2D eigenvalue weighted by atomic mass is 79.9. The van der Waals surface area contributed by atoms with Crippen molar-refractivity contribution in [1.29, 1.82) is 0 Å². The number of hydrogen-bond donors (Lipinski definition) is 0. The van der Waals surface area contributed by atoms with Gasteiger partial charge < -0.3 is 9.47 Å². The SMILES string of the molecule is COCCn1nc(Br)nc1Oc1cccc(F)c1. The fraction of sp³-hybridized carbons (Fsp3) is 0.273. The molecule has 2 aromatic rings. The van der Waals surface area contributed by atoms with Crippen molar-refractivity contribution >= 4 is 15.9 Å². The molecule has 2 rings (SSSR count). The van der Waals surface area contributed by atoms with Crippen LogP contribution >= 0.6 is 15.9 Å². The molecule has 7 heteroatoms. The fourth-order valence-corrected chi connectivity index (χ4v) is 1.68. The first-order valence-corrected chi connectivity index (χ1v) is 6.01. The average Bonchev–Trinajstić information content (AvgIpc) is 2.67. The summed E-state index contributed by atoms with van der Waals surface area (Å²) in [6.07, 6.45) is 0. The minimum atomic E-state index is -0.366.